The van der Waals surface area contributed by atoms with Crippen LogP contribution in [0.25, 0.3) is 4.85 Å². The van der Waals surface area contributed by atoms with Gasteiger partial charge >= 0.3 is 8.80 Å². The largest absolute Gasteiger partial charge is 0.500 e. The second-order valence-electron chi connectivity index (χ2n) is 4.38. The van der Waals surface area contributed by atoms with Gasteiger partial charge in [-0.25, -0.2) is 6.57 Å². The van der Waals surface area contributed by atoms with Gasteiger partial charge in [-0.15, -0.1) is 0 Å². The Hall–Kier alpha value is -0.413. The molecule has 5 heteroatoms. The van der Waals surface area contributed by atoms with Gasteiger partial charge in [0.2, 0.25) is 6.54 Å². The Balaban J connectivity index is 3.93. The Bertz CT molecular complexity index is 226. The Morgan fingerprint density at radius 2 is 1.26 bits per heavy atom. The number of nitrogens with zero attached hydrogens (tertiary/aromatic N) is 1. The molecule has 0 aromatic carbocycles. The first-order valence-corrected chi connectivity index (χ1v) is 9.42. The van der Waals surface area contributed by atoms with E-state index in [0.717, 1.165) is 25.3 Å². The van der Waals surface area contributed by atoms with Crippen LogP contribution in [0.4, 0.5) is 0 Å². The summed E-state index contributed by atoms with van der Waals surface area (Å²) in [6.07, 6.45) is 5.61. The highest BCUT2D eigenvalue weighted by atomic mass is 28.4. The van der Waals surface area contributed by atoms with E-state index in [4.69, 9.17) is 19.9 Å². The van der Waals surface area contributed by atoms with Crippen molar-refractivity contribution < 1.29 is 13.3 Å². The van der Waals surface area contributed by atoms with Gasteiger partial charge in [-0.3, -0.25) is 0 Å². The third-order valence-electron chi connectivity index (χ3n) is 2.85. The van der Waals surface area contributed by atoms with Crippen LogP contribution < -0.4 is 0 Å². The van der Waals surface area contributed by atoms with E-state index in [1.165, 1.54) is 12.8 Å². The first-order valence-electron chi connectivity index (χ1n) is 7.49. The van der Waals surface area contributed by atoms with Gasteiger partial charge in [0.25, 0.3) is 0 Å². The molecule has 0 aliphatic heterocycles. The highest BCUT2D eigenvalue weighted by molar-refractivity contribution is 6.60. The maximum absolute atomic E-state index is 6.72. The quantitative estimate of drug-likeness (QED) is 0.292. The predicted molar refractivity (Wildman–Crippen MR) is 80.0 cm³/mol. The Morgan fingerprint density at radius 3 is 1.74 bits per heavy atom. The van der Waals surface area contributed by atoms with Crippen molar-refractivity contribution in [1.82, 2.24) is 0 Å². The second kappa shape index (κ2) is 12.6. The molecule has 0 radical (unpaired) electrons. The van der Waals surface area contributed by atoms with E-state index in [1.807, 2.05) is 20.8 Å². The number of unbranched alkanes of at least 4 members (excludes halogenated alkanes) is 4. The summed E-state index contributed by atoms with van der Waals surface area (Å²) in [5.41, 5.74) is 0. The zero-order valence-electron chi connectivity index (χ0n) is 12.7. The number of hydrogen-bond donors (Lipinski definition) is 0. The Morgan fingerprint density at radius 1 is 0.789 bits per heavy atom. The standard InChI is InChI=1S/C14H29NO3Si/c1-5-16-19(17-6-2,18-7-3)14-12-10-8-9-11-13-15-4/h5-14H2,1-3H3. The van der Waals surface area contributed by atoms with Crippen molar-refractivity contribution in [2.45, 2.75) is 58.9 Å². The van der Waals surface area contributed by atoms with E-state index < -0.39 is 8.80 Å². The van der Waals surface area contributed by atoms with Crippen molar-refractivity contribution in [2.75, 3.05) is 26.4 Å². The smallest absolute Gasteiger partial charge is 0.374 e. The van der Waals surface area contributed by atoms with Gasteiger partial charge in [0.05, 0.1) is 0 Å². The summed E-state index contributed by atoms with van der Waals surface area (Å²) in [5.74, 6) is 0. The normalized spacial score (nSPS) is 11.5. The third-order valence-corrected chi connectivity index (χ3v) is 6.00. The SMILES string of the molecule is [C-]#[N+]CCCCCCC[Si](OCC)(OCC)OCC. The molecule has 112 valence electrons. The highest BCUT2D eigenvalue weighted by Crippen LogP contribution is 2.20. The fourth-order valence-electron chi connectivity index (χ4n) is 2.06. The lowest BCUT2D eigenvalue weighted by atomic mass is 10.1. The van der Waals surface area contributed by atoms with E-state index in [0.29, 0.717) is 26.4 Å². The summed E-state index contributed by atoms with van der Waals surface area (Å²) in [6.45, 7) is 15.3. The van der Waals surface area contributed by atoms with Crippen molar-refractivity contribution in [3.8, 4) is 0 Å². The van der Waals surface area contributed by atoms with E-state index in [2.05, 4.69) is 4.85 Å². The minimum atomic E-state index is -2.42. The molecule has 0 aliphatic carbocycles. The van der Waals surface area contributed by atoms with Gasteiger partial charge in [0, 0.05) is 32.3 Å². The van der Waals surface area contributed by atoms with Gasteiger partial charge in [-0.05, 0) is 33.6 Å². The molecule has 0 atom stereocenters. The lowest BCUT2D eigenvalue weighted by Gasteiger charge is -2.28. The molecule has 0 bridgehead atoms. The molecular weight excluding hydrogens is 258 g/mol. The Kier molecular flexibility index (Phi) is 12.3. The van der Waals surface area contributed by atoms with E-state index in [9.17, 15) is 0 Å². The summed E-state index contributed by atoms with van der Waals surface area (Å²) in [6, 6.07) is 0.908. The molecule has 0 aromatic heterocycles. The molecule has 0 amide bonds. The van der Waals surface area contributed by atoms with Crippen LogP contribution in [0, 0.1) is 6.57 Å². The molecule has 0 aliphatic rings. The number of hydrogen-bond acceptors (Lipinski definition) is 3. The van der Waals surface area contributed by atoms with Gasteiger partial charge < -0.3 is 18.1 Å². The molecule has 0 saturated heterocycles. The van der Waals surface area contributed by atoms with Gasteiger partial charge in [0.15, 0.2) is 0 Å². The minimum absolute atomic E-state index is 0.650. The molecule has 0 rings (SSSR count). The van der Waals surface area contributed by atoms with Crippen molar-refractivity contribution >= 4 is 8.80 Å². The average Bonchev–Trinajstić information content (AvgIpc) is 2.39. The lowest BCUT2D eigenvalue weighted by Crippen LogP contribution is -2.45. The summed E-state index contributed by atoms with van der Waals surface area (Å²) in [7, 11) is -2.42. The van der Waals surface area contributed by atoms with Crippen LogP contribution in [0.5, 0.6) is 0 Å². The summed E-state index contributed by atoms with van der Waals surface area (Å²) in [5, 5.41) is 0. The maximum Gasteiger partial charge on any atom is 0.500 e. The van der Waals surface area contributed by atoms with Crippen LogP contribution in [-0.4, -0.2) is 35.2 Å². The van der Waals surface area contributed by atoms with Crippen LogP contribution in [0.2, 0.25) is 6.04 Å². The first kappa shape index (κ1) is 18.6. The Labute approximate surface area is 119 Å². The van der Waals surface area contributed by atoms with Crippen LogP contribution in [0.15, 0.2) is 0 Å². The molecule has 0 saturated carbocycles. The third kappa shape index (κ3) is 9.17. The van der Waals surface area contributed by atoms with E-state index in [1.54, 1.807) is 0 Å². The molecular formula is C14H29NO3Si. The van der Waals surface area contributed by atoms with E-state index >= 15 is 0 Å². The zero-order chi connectivity index (χ0) is 14.4. The fourth-order valence-corrected chi connectivity index (χ4v) is 4.75. The number of rotatable bonds is 13. The topological polar surface area (TPSA) is 32.0 Å². The van der Waals surface area contributed by atoms with Crippen LogP contribution >= 0.6 is 0 Å². The van der Waals surface area contributed by atoms with Gasteiger partial charge in [-0.2, -0.15) is 0 Å². The van der Waals surface area contributed by atoms with Crippen LogP contribution in [-0.2, 0) is 13.3 Å². The maximum atomic E-state index is 6.72. The predicted octanol–water partition coefficient (Wildman–Crippen LogP) is 3.90. The van der Waals surface area contributed by atoms with Crippen molar-refractivity contribution in [2.24, 2.45) is 0 Å². The van der Waals surface area contributed by atoms with Crippen molar-refractivity contribution in [1.29, 1.82) is 0 Å². The second-order valence-corrected chi connectivity index (χ2v) is 7.11. The van der Waals surface area contributed by atoms with E-state index in [-0.39, 0.29) is 0 Å². The minimum Gasteiger partial charge on any atom is -0.374 e. The molecule has 0 unspecified atom stereocenters. The molecule has 19 heavy (non-hydrogen) atoms. The van der Waals surface area contributed by atoms with Crippen molar-refractivity contribution in [3.63, 3.8) is 0 Å². The van der Waals surface area contributed by atoms with Crippen LogP contribution in [0.1, 0.15) is 52.9 Å². The molecule has 4 nitrogen and oxygen atoms in total. The molecule has 0 spiro atoms. The first-order chi connectivity index (χ1) is 9.24. The highest BCUT2D eigenvalue weighted by Gasteiger charge is 2.39. The average molecular weight is 287 g/mol. The van der Waals surface area contributed by atoms with Gasteiger partial charge in [0.1, 0.15) is 0 Å². The summed E-state index contributed by atoms with van der Waals surface area (Å²) < 4.78 is 17.4. The zero-order valence-corrected chi connectivity index (χ0v) is 13.7. The fraction of sp³-hybridized carbons (Fsp3) is 0.929. The molecule has 0 N–H and O–H groups in total. The molecule has 0 fully saturated rings. The van der Waals surface area contributed by atoms with Crippen molar-refractivity contribution in [3.05, 3.63) is 11.4 Å². The van der Waals surface area contributed by atoms with Gasteiger partial charge in [-0.1, -0.05) is 12.8 Å². The summed E-state index contributed by atoms with van der Waals surface area (Å²) >= 11 is 0. The molecule has 0 heterocycles. The van der Waals surface area contributed by atoms with Crippen LogP contribution in [0.3, 0.4) is 0 Å². The monoisotopic (exact) mass is 287 g/mol. The molecule has 0 aromatic rings. The summed E-state index contributed by atoms with van der Waals surface area (Å²) in [4.78, 5) is 3.36. The lowest BCUT2D eigenvalue weighted by molar-refractivity contribution is 0.0706.